The number of carbonyl (C=O) groups excluding carboxylic acids is 1. The molecule has 16 heavy (non-hydrogen) atoms. The van der Waals surface area contributed by atoms with Crippen molar-refractivity contribution in [2.75, 3.05) is 24.4 Å². The largest absolute Gasteiger partial charge is 0.376 e. The monoisotopic (exact) mass is 239 g/mol. The summed E-state index contributed by atoms with van der Waals surface area (Å²) in [6, 6.07) is 7.02. The molecule has 86 valence electrons. The highest BCUT2D eigenvalue weighted by Gasteiger charge is 2.01. The number of nitrogens with two attached hydrogens (primary N) is 1. The molecule has 5 nitrogen and oxygen atoms in total. The third-order valence-electron chi connectivity index (χ3n) is 1.71. The highest BCUT2D eigenvalue weighted by Crippen LogP contribution is 2.13. The lowest BCUT2D eigenvalue weighted by atomic mass is 10.3. The number of ether oxygens (including phenoxy) is 1. The van der Waals surface area contributed by atoms with E-state index in [4.69, 9.17) is 22.7 Å². The standard InChI is InChI=1S/C10H13N3O2S/c1-15-6-9(14)12-7-2-4-8(5-3-7)13-10(11)16/h2-5H,6H2,1H3,(H,12,14)(H3,11,13,16). The highest BCUT2D eigenvalue weighted by molar-refractivity contribution is 7.80. The van der Waals surface area contributed by atoms with Gasteiger partial charge >= 0.3 is 0 Å². The number of rotatable bonds is 4. The molecule has 1 amide bonds. The first kappa shape index (κ1) is 12.4. The molecule has 0 saturated carbocycles. The predicted molar refractivity (Wildman–Crippen MR) is 67.4 cm³/mol. The number of hydrogen-bond donors (Lipinski definition) is 3. The maximum Gasteiger partial charge on any atom is 0.250 e. The molecule has 0 aliphatic carbocycles. The van der Waals surface area contributed by atoms with Gasteiger partial charge in [0.1, 0.15) is 6.61 Å². The van der Waals surface area contributed by atoms with Crippen molar-refractivity contribution in [3.8, 4) is 0 Å². The van der Waals surface area contributed by atoms with E-state index in [1.54, 1.807) is 24.3 Å². The summed E-state index contributed by atoms with van der Waals surface area (Å²) in [5, 5.41) is 5.65. The van der Waals surface area contributed by atoms with Crippen LogP contribution in [0.25, 0.3) is 0 Å². The summed E-state index contributed by atoms with van der Waals surface area (Å²) in [6.07, 6.45) is 0. The maximum atomic E-state index is 11.2. The van der Waals surface area contributed by atoms with Crippen LogP contribution in [0.15, 0.2) is 24.3 Å². The number of thiocarbonyl (C=S) groups is 1. The Labute approximate surface area is 99.0 Å². The second-order valence-corrected chi connectivity index (χ2v) is 3.49. The van der Waals surface area contributed by atoms with Crippen molar-refractivity contribution in [1.29, 1.82) is 0 Å². The average Bonchev–Trinajstić information content (AvgIpc) is 2.20. The summed E-state index contributed by atoms with van der Waals surface area (Å²) in [5.41, 5.74) is 6.78. The van der Waals surface area contributed by atoms with E-state index >= 15 is 0 Å². The molecule has 0 fully saturated rings. The molecule has 0 aliphatic rings. The molecule has 0 atom stereocenters. The zero-order valence-corrected chi connectivity index (χ0v) is 9.64. The molecule has 1 aromatic rings. The first-order chi connectivity index (χ1) is 7.61. The highest BCUT2D eigenvalue weighted by atomic mass is 32.1. The van der Waals surface area contributed by atoms with Crippen molar-refractivity contribution in [2.24, 2.45) is 5.73 Å². The number of carbonyl (C=O) groups is 1. The van der Waals surface area contributed by atoms with Crippen LogP contribution in [0.4, 0.5) is 11.4 Å². The van der Waals surface area contributed by atoms with Gasteiger partial charge < -0.3 is 21.1 Å². The zero-order valence-electron chi connectivity index (χ0n) is 8.82. The molecular weight excluding hydrogens is 226 g/mol. The Morgan fingerprint density at radius 1 is 1.31 bits per heavy atom. The summed E-state index contributed by atoms with van der Waals surface area (Å²) in [5.74, 6) is -0.197. The predicted octanol–water partition coefficient (Wildman–Crippen LogP) is 0.927. The number of nitrogens with one attached hydrogen (secondary N) is 2. The van der Waals surface area contributed by atoms with E-state index in [-0.39, 0.29) is 17.6 Å². The van der Waals surface area contributed by atoms with E-state index in [1.165, 1.54) is 7.11 Å². The van der Waals surface area contributed by atoms with E-state index in [0.717, 1.165) is 5.69 Å². The van der Waals surface area contributed by atoms with Gasteiger partial charge in [0, 0.05) is 18.5 Å². The lowest BCUT2D eigenvalue weighted by Crippen LogP contribution is -2.19. The van der Waals surface area contributed by atoms with E-state index in [0.29, 0.717) is 5.69 Å². The van der Waals surface area contributed by atoms with Crippen molar-refractivity contribution in [3.63, 3.8) is 0 Å². The van der Waals surface area contributed by atoms with Crippen molar-refractivity contribution in [2.45, 2.75) is 0 Å². The molecule has 1 rings (SSSR count). The molecule has 6 heteroatoms. The van der Waals surface area contributed by atoms with Crippen LogP contribution in [-0.4, -0.2) is 24.7 Å². The van der Waals surface area contributed by atoms with Crippen LogP contribution in [0.2, 0.25) is 0 Å². The summed E-state index contributed by atoms with van der Waals surface area (Å²) < 4.78 is 4.69. The van der Waals surface area contributed by atoms with Crippen molar-refractivity contribution in [1.82, 2.24) is 0 Å². The molecule has 1 aromatic carbocycles. The Kier molecular flexibility index (Phi) is 4.68. The van der Waals surface area contributed by atoms with Gasteiger partial charge in [0.25, 0.3) is 0 Å². The quantitative estimate of drug-likeness (QED) is 0.681. The molecule has 0 unspecified atom stereocenters. The van der Waals surface area contributed by atoms with Crippen LogP contribution in [0.3, 0.4) is 0 Å². The SMILES string of the molecule is COCC(=O)Nc1ccc(NC(N)=S)cc1. The first-order valence-corrected chi connectivity index (χ1v) is 4.98. The third kappa shape index (κ3) is 4.24. The minimum atomic E-state index is -0.197. The average molecular weight is 239 g/mol. The lowest BCUT2D eigenvalue weighted by molar-refractivity contribution is -0.119. The number of anilines is 2. The molecule has 0 saturated heterocycles. The third-order valence-corrected chi connectivity index (χ3v) is 1.81. The van der Waals surface area contributed by atoms with Crippen LogP contribution in [0.5, 0.6) is 0 Å². The molecule has 0 heterocycles. The van der Waals surface area contributed by atoms with E-state index < -0.39 is 0 Å². The van der Waals surface area contributed by atoms with E-state index in [1.807, 2.05) is 0 Å². The van der Waals surface area contributed by atoms with E-state index in [2.05, 4.69) is 10.6 Å². The minimum absolute atomic E-state index is 0.0346. The topological polar surface area (TPSA) is 76.4 Å². The molecule has 0 bridgehead atoms. The summed E-state index contributed by atoms with van der Waals surface area (Å²) in [7, 11) is 1.47. The fourth-order valence-corrected chi connectivity index (χ4v) is 1.23. The molecule has 0 aliphatic heterocycles. The summed E-state index contributed by atoms with van der Waals surface area (Å²) in [4.78, 5) is 11.2. The Morgan fingerprint density at radius 2 is 1.81 bits per heavy atom. The molecule has 4 N–H and O–H groups in total. The van der Waals surface area contributed by atoms with Gasteiger partial charge in [-0.05, 0) is 36.5 Å². The second kappa shape index (κ2) is 6.04. The van der Waals surface area contributed by atoms with Gasteiger partial charge in [-0.2, -0.15) is 0 Å². The molecule has 0 radical (unpaired) electrons. The number of benzene rings is 1. The Morgan fingerprint density at radius 3 is 2.25 bits per heavy atom. The van der Waals surface area contributed by atoms with Crippen molar-refractivity contribution >= 4 is 34.6 Å². The molecular formula is C10H13N3O2S. The first-order valence-electron chi connectivity index (χ1n) is 4.57. The Hall–Kier alpha value is -1.66. The van der Waals surface area contributed by atoms with E-state index in [9.17, 15) is 4.79 Å². The maximum absolute atomic E-state index is 11.2. The van der Waals surface area contributed by atoms with Crippen LogP contribution in [0, 0.1) is 0 Å². The van der Waals surface area contributed by atoms with Crippen LogP contribution < -0.4 is 16.4 Å². The summed E-state index contributed by atoms with van der Waals surface area (Å²) >= 11 is 4.70. The van der Waals surface area contributed by atoms with Crippen LogP contribution in [0.1, 0.15) is 0 Å². The van der Waals surface area contributed by atoms with Crippen molar-refractivity contribution < 1.29 is 9.53 Å². The van der Waals surface area contributed by atoms with Crippen molar-refractivity contribution in [3.05, 3.63) is 24.3 Å². The van der Waals surface area contributed by atoms with Gasteiger partial charge in [0.2, 0.25) is 5.91 Å². The number of amides is 1. The van der Waals surface area contributed by atoms with Gasteiger partial charge in [0.15, 0.2) is 5.11 Å². The van der Waals surface area contributed by atoms with Crippen LogP contribution in [-0.2, 0) is 9.53 Å². The van der Waals surface area contributed by atoms with Gasteiger partial charge in [-0.15, -0.1) is 0 Å². The molecule has 0 aromatic heterocycles. The fraction of sp³-hybridized carbons (Fsp3) is 0.200. The van der Waals surface area contributed by atoms with Gasteiger partial charge in [-0.25, -0.2) is 0 Å². The number of hydrogen-bond acceptors (Lipinski definition) is 3. The van der Waals surface area contributed by atoms with Gasteiger partial charge in [-0.3, -0.25) is 4.79 Å². The minimum Gasteiger partial charge on any atom is -0.376 e. The Bertz CT molecular complexity index is 378. The Balaban J connectivity index is 2.57. The van der Waals surface area contributed by atoms with Gasteiger partial charge in [0.05, 0.1) is 0 Å². The van der Waals surface area contributed by atoms with Crippen LogP contribution >= 0.6 is 12.2 Å². The smallest absolute Gasteiger partial charge is 0.250 e. The number of methoxy groups -OCH3 is 1. The van der Waals surface area contributed by atoms with Gasteiger partial charge in [-0.1, -0.05) is 0 Å². The zero-order chi connectivity index (χ0) is 12.0. The summed E-state index contributed by atoms with van der Waals surface area (Å²) in [6.45, 7) is 0.0346. The fourth-order valence-electron chi connectivity index (χ4n) is 1.11. The second-order valence-electron chi connectivity index (χ2n) is 3.05. The normalized spacial score (nSPS) is 9.56. The molecule has 0 spiro atoms. The lowest BCUT2D eigenvalue weighted by Gasteiger charge is -2.06.